The molecule has 1 aromatic rings. The summed E-state index contributed by atoms with van der Waals surface area (Å²) in [4.78, 5) is 0. The molecule has 0 aliphatic heterocycles. The highest BCUT2D eigenvalue weighted by Crippen LogP contribution is 2.26. The Kier molecular flexibility index (Phi) is 5.01. The first-order valence-electron chi connectivity index (χ1n) is 6.42. The van der Waals surface area contributed by atoms with Crippen molar-refractivity contribution in [2.45, 2.75) is 46.6 Å². The first-order valence-corrected chi connectivity index (χ1v) is 6.42. The number of nitrogens with one attached hydrogen (secondary N) is 1. The lowest BCUT2D eigenvalue weighted by molar-refractivity contribution is 0.106. The summed E-state index contributed by atoms with van der Waals surface area (Å²) in [5, 5.41) is 3.41. The third-order valence-corrected chi connectivity index (χ3v) is 2.76. The molecule has 1 aromatic carbocycles. The van der Waals surface area contributed by atoms with Gasteiger partial charge in [0, 0.05) is 6.54 Å². The minimum absolute atomic E-state index is 0.175. The summed E-state index contributed by atoms with van der Waals surface area (Å²) in [6.07, 6.45) is 1.15. The first-order chi connectivity index (χ1) is 7.96. The number of rotatable bonds is 6. The van der Waals surface area contributed by atoms with Crippen molar-refractivity contribution in [2.24, 2.45) is 0 Å². The second-order valence-electron chi connectivity index (χ2n) is 5.26. The van der Waals surface area contributed by atoms with Gasteiger partial charge in [-0.3, -0.25) is 0 Å². The fourth-order valence-electron chi connectivity index (χ4n) is 1.84. The topological polar surface area (TPSA) is 21.3 Å². The highest BCUT2D eigenvalue weighted by Gasteiger charge is 2.20. The normalized spacial score (nSPS) is 11.6. The van der Waals surface area contributed by atoms with E-state index in [1.54, 1.807) is 0 Å². The molecule has 0 unspecified atom stereocenters. The standard InChI is InChI=1S/C15H25NO/c1-6-10-16-11-15(4,5)17-14-12(2)8-7-9-13(14)3/h7-9,16H,6,10-11H2,1-5H3. The molecule has 17 heavy (non-hydrogen) atoms. The fourth-order valence-corrected chi connectivity index (χ4v) is 1.84. The van der Waals surface area contributed by atoms with E-state index >= 15 is 0 Å². The van der Waals surface area contributed by atoms with Crippen LogP contribution in [0.3, 0.4) is 0 Å². The van der Waals surface area contributed by atoms with Gasteiger partial charge in [0.15, 0.2) is 0 Å². The number of hydrogen-bond acceptors (Lipinski definition) is 2. The number of para-hydroxylation sites is 1. The van der Waals surface area contributed by atoms with Crippen LogP contribution in [0.15, 0.2) is 18.2 Å². The van der Waals surface area contributed by atoms with Crippen molar-refractivity contribution in [1.29, 1.82) is 0 Å². The van der Waals surface area contributed by atoms with E-state index in [9.17, 15) is 0 Å². The van der Waals surface area contributed by atoms with Crippen LogP contribution in [0.25, 0.3) is 0 Å². The predicted molar refractivity (Wildman–Crippen MR) is 73.8 cm³/mol. The maximum atomic E-state index is 6.15. The van der Waals surface area contributed by atoms with Crippen molar-refractivity contribution in [2.75, 3.05) is 13.1 Å². The lowest BCUT2D eigenvalue weighted by Crippen LogP contribution is -2.40. The van der Waals surface area contributed by atoms with Gasteiger partial charge in [0.1, 0.15) is 11.4 Å². The van der Waals surface area contributed by atoms with E-state index in [1.807, 2.05) is 0 Å². The van der Waals surface area contributed by atoms with Gasteiger partial charge in [-0.1, -0.05) is 25.1 Å². The van der Waals surface area contributed by atoms with Crippen LogP contribution in [0, 0.1) is 13.8 Å². The molecule has 1 N–H and O–H groups in total. The molecule has 0 spiro atoms. The quantitative estimate of drug-likeness (QED) is 0.762. The van der Waals surface area contributed by atoms with Gasteiger partial charge >= 0.3 is 0 Å². The Bertz CT molecular complexity index is 338. The zero-order chi connectivity index (χ0) is 12.9. The minimum Gasteiger partial charge on any atom is -0.486 e. The van der Waals surface area contributed by atoms with E-state index in [4.69, 9.17) is 4.74 Å². The Morgan fingerprint density at radius 3 is 2.29 bits per heavy atom. The Morgan fingerprint density at radius 2 is 1.76 bits per heavy atom. The molecular weight excluding hydrogens is 210 g/mol. The third kappa shape index (κ3) is 4.39. The van der Waals surface area contributed by atoms with Crippen molar-refractivity contribution in [1.82, 2.24) is 5.32 Å². The largest absolute Gasteiger partial charge is 0.486 e. The minimum atomic E-state index is -0.175. The zero-order valence-electron chi connectivity index (χ0n) is 11.8. The van der Waals surface area contributed by atoms with Gasteiger partial charge in [-0.05, 0) is 51.8 Å². The monoisotopic (exact) mass is 235 g/mol. The summed E-state index contributed by atoms with van der Waals surface area (Å²) >= 11 is 0. The summed E-state index contributed by atoms with van der Waals surface area (Å²) in [5.74, 6) is 1.02. The van der Waals surface area contributed by atoms with E-state index in [0.717, 1.165) is 25.3 Å². The van der Waals surface area contributed by atoms with Crippen molar-refractivity contribution >= 4 is 0 Å². The van der Waals surface area contributed by atoms with Crippen molar-refractivity contribution < 1.29 is 4.74 Å². The van der Waals surface area contributed by atoms with Gasteiger partial charge in [-0.2, -0.15) is 0 Å². The van der Waals surface area contributed by atoms with E-state index in [0.29, 0.717) is 0 Å². The van der Waals surface area contributed by atoms with Gasteiger partial charge in [0.05, 0.1) is 0 Å². The summed E-state index contributed by atoms with van der Waals surface area (Å²) in [6.45, 7) is 12.5. The molecule has 0 bridgehead atoms. The molecule has 0 heterocycles. The summed E-state index contributed by atoms with van der Waals surface area (Å²) < 4.78 is 6.15. The average molecular weight is 235 g/mol. The molecule has 0 saturated carbocycles. The highest BCUT2D eigenvalue weighted by atomic mass is 16.5. The molecule has 2 heteroatoms. The molecule has 96 valence electrons. The lowest BCUT2D eigenvalue weighted by atomic mass is 10.1. The molecule has 0 radical (unpaired) electrons. The van der Waals surface area contributed by atoms with E-state index < -0.39 is 0 Å². The third-order valence-electron chi connectivity index (χ3n) is 2.76. The smallest absolute Gasteiger partial charge is 0.125 e. The average Bonchev–Trinajstić information content (AvgIpc) is 2.24. The molecule has 2 nitrogen and oxygen atoms in total. The Morgan fingerprint density at radius 1 is 1.18 bits per heavy atom. The Labute approximate surface area is 105 Å². The first kappa shape index (κ1) is 14.0. The SMILES string of the molecule is CCCNCC(C)(C)Oc1c(C)cccc1C. The fraction of sp³-hybridized carbons (Fsp3) is 0.600. The predicted octanol–water partition coefficient (Wildman–Crippen LogP) is 3.46. The molecular formula is C15H25NO. The molecule has 0 atom stereocenters. The van der Waals surface area contributed by atoms with Crippen LogP contribution in [-0.4, -0.2) is 18.7 Å². The van der Waals surface area contributed by atoms with Crippen molar-refractivity contribution in [3.8, 4) is 5.75 Å². The highest BCUT2D eigenvalue weighted by molar-refractivity contribution is 5.40. The lowest BCUT2D eigenvalue weighted by Gasteiger charge is -2.28. The number of hydrogen-bond donors (Lipinski definition) is 1. The number of benzene rings is 1. The number of ether oxygens (including phenoxy) is 1. The maximum Gasteiger partial charge on any atom is 0.125 e. The molecule has 0 aliphatic rings. The van der Waals surface area contributed by atoms with Crippen molar-refractivity contribution in [3.05, 3.63) is 29.3 Å². The Balaban J connectivity index is 2.69. The van der Waals surface area contributed by atoms with E-state index in [2.05, 4.69) is 58.1 Å². The molecule has 0 amide bonds. The Hall–Kier alpha value is -1.02. The van der Waals surface area contributed by atoms with Gasteiger partial charge < -0.3 is 10.1 Å². The summed E-state index contributed by atoms with van der Waals surface area (Å²) in [6, 6.07) is 6.26. The van der Waals surface area contributed by atoms with E-state index in [1.165, 1.54) is 11.1 Å². The van der Waals surface area contributed by atoms with E-state index in [-0.39, 0.29) is 5.60 Å². The van der Waals surface area contributed by atoms with Crippen LogP contribution < -0.4 is 10.1 Å². The van der Waals surface area contributed by atoms with Crippen LogP contribution in [0.4, 0.5) is 0 Å². The van der Waals surface area contributed by atoms with Crippen LogP contribution >= 0.6 is 0 Å². The number of aryl methyl sites for hydroxylation is 2. The van der Waals surface area contributed by atoms with Crippen LogP contribution in [0.2, 0.25) is 0 Å². The van der Waals surface area contributed by atoms with Gasteiger partial charge in [0.25, 0.3) is 0 Å². The molecule has 1 rings (SSSR count). The molecule has 0 aromatic heterocycles. The zero-order valence-corrected chi connectivity index (χ0v) is 11.8. The van der Waals surface area contributed by atoms with Gasteiger partial charge in [0.2, 0.25) is 0 Å². The van der Waals surface area contributed by atoms with Crippen LogP contribution in [0.1, 0.15) is 38.3 Å². The molecule has 0 saturated heterocycles. The van der Waals surface area contributed by atoms with Gasteiger partial charge in [-0.15, -0.1) is 0 Å². The maximum absolute atomic E-state index is 6.15. The summed E-state index contributed by atoms with van der Waals surface area (Å²) in [7, 11) is 0. The molecule has 0 fully saturated rings. The molecule has 0 aliphatic carbocycles. The van der Waals surface area contributed by atoms with Crippen LogP contribution in [0.5, 0.6) is 5.75 Å². The van der Waals surface area contributed by atoms with Crippen LogP contribution in [-0.2, 0) is 0 Å². The second kappa shape index (κ2) is 6.06. The van der Waals surface area contributed by atoms with Crippen molar-refractivity contribution in [3.63, 3.8) is 0 Å². The summed E-state index contributed by atoms with van der Waals surface area (Å²) in [5.41, 5.74) is 2.23. The van der Waals surface area contributed by atoms with Gasteiger partial charge in [-0.25, -0.2) is 0 Å². The second-order valence-corrected chi connectivity index (χ2v) is 5.26.